The van der Waals surface area contributed by atoms with E-state index in [1.165, 1.54) is 7.11 Å². The van der Waals surface area contributed by atoms with E-state index in [1.807, 2.05) is 38.2 Å². The molecule has 0 radical (unpaired) electrons. The van der Waals surface area contributed by atoms with Gasteiger partial charge in [0, 0.05) is 55.2 Å². The molecular formula is C31H45N3O8Si. The van der Waals surface area contributed by atoms with Crippen molar-refractivity contribution in [3.63, 3.8) is 0 Å². The molecule has 43 heavy (non-hydrogen) atoms. The van der Waals surface area contributed by atoms with Crippen molar-refractivity contribution in [1.82, 2.24) is 4.90 Å². The molecule has 0 aromatic heterocycles. The van der Waals surface area contributed by atoms with E-state index in [0.717, 1.165) is 19.3 Å². The van der Waals surface area contributed by atoms with Gasteiger partial charge in [0.15, 0.2) is 13.9 Å². The van der Waals surface area contributed by atoms with Crippen LogP contribution in [-0.2, 0) is 34.3 Å². The average Bonchev–Trinajstić information content (AvgIpc) is 3.73. The van der Waals surface area contributed by atoms with E-state index in [2.05, 4.69) is 0 Å². The summed E-state index contributed by atoms with van der Waals surface area (Å²) in [6, 6.07) is 5.38. The molecule has 12 heteroatoms. The van der Waals surface area contributed by atoms with Gasteiger partial charge in [-0.3, -0.25) is 19.2 Å². The molecule has 0 saturated carbocycles. The number of hydrogen-bond acceptors (Lipinski definition) is 8. The van der Waals surface area contributed by atoms with Gasteiger partial charge in [-0.25, -0.2) is 0 Å². The first-order valence-corrected chi connectivity index (χ1v) is 18.6. The van der Waals surface area contributed by atoms with Crippen LogP contribution in [0.3, 0.4) is 0 Å². The van der Waals surface area contributed by atoms with Gasteiger partial charge in [0.2, 0.25) is 11.8 Å². The zero-order valence-corrected chi connectivity index (χ0v) is 26.7. The summed E-state index contributed by atoms with van der Waals surface area (Å²) in [5, 5.41) is 9.82. The molecule has 4 aliphatic heterocycles. The van der Waals surface area contributed by atoms with Crippen LogP contribution in [0.15, 0.2) is 18.2 Å². The second-order valence-corrected chi connectivity index (χ2v) is 16.9. The monoisotopic (exact) mass is 615 g/mol. The maximum Gasteiger partial charge on any atom is 0.305 e. The number of amides is 3. The summed E-state index contributed by atoms with van der Waals surface area (Å²) in [4.78, 5) is 69.2. The lowest BCUT2D eigenvalue weighted by molar-refractivity contribution is -0.150. The number of benzene rings is 1. The lowest BCUT2D eigenvalue weighted by Gasteiger charge is -2.33. The van der Waals surface area contributed by atoms with Crippen LogP contribution in [0, 0.1) is 5.92 Å². The molecule has 4 heterocycles. The zero-order chi connectivity index (χ0) is 31.1. The number of methoxy groups -OCH3 is 1. The van der Waals surface area contributed by atoms with Crippen LogP contribution >= 0.6 is 0 Å². The maximum atomic E-state index is 14.6. The average molecular weight is 616 g/mol. The Kier molecular flexibility index (Phi) is 9.04. The fourth-order valence-corrected chi connectivity index (χ4v) is 10.4. The largest absolute Gasteiger partial charge is 0.469 e. The molecule has 3 saturated heterocycles. The second-order valence-electron chi connectivity index (χ2n) is 13.0. The quantitative estimate of drug-likeness (QED) is 0.233. The summed E-state index contributed by atoms with van der Waals surface area (Å²) < 4.78 is 11.6. The summed E-state index contributed by atoms with van der Waals surface area (Å²) in [6.07, 6.45) is 3.49. The molecule has 11 nitrogen and oxygen atoms in total. The Morgan fingerprint density at radius 2 is 1.93 bits per heavy atom. The zero-order valence-electron chi connectivity index (χ0n) is 25.7. The Balaban J connectivity index is 1.52. The number of aliphatic hydroxyl groups is 1. The number of nitrogens with zero attached hydrogens (tertiary/aromatic N) is 3. The van der Waals surface area contributed by atoms with Crippen LogP contribution in [0.4, 0.5) is 11.4 Å². The highest BCUT2D eigenvalue weighted by Gasteiger charge is 2.66. The fraction of sp³-hybridized carbons (Fsp3) is 0.677. The van der Waals surface area contributed by atoms with Crippen LogP contribution in [0.2, 0.25) is 18.6 Å². The standard InChI is InChI=1S/C31H45N3O8Si/c1-20-29(43(3,4)40)25(18-27(37)33-15-7-9-22(33)19-35)42-31(20)23-17-21(32-16-8-10-26(32)36)12-13-24(23)34(30(31)39)14-6-5-11-28(38)41-2/h12-13,17,20,22,25,29,35,40H,5-11,14-16,18-19H2,1-4H3/t20-,22-,25+,29-,31+/m0/s1. The first-order valence-electron chi connectivity index (χ1n) is 15.6. The number of carbonyl (C=O) groups excluding carboxylic acids is 4. The van der Waals surface area contributed by atoms with Gasteiger partial charge in [-0.2, -0.15) is 0 Å². The first-order chi connectivity index (χ1) is 20.4. The van der Waals surface area contributed by atoms with E-state index in [4.69, 9.17) is 9.47 Å². The van der Waals surface area contributed by atoms with Gasteiger partial charge in [0.1, 0.15) is 0 Å². The number of fused-ring (bicyclic) bond motifs is 2. The van der Waals surface area contributed by atoms with Crippen molar-refractivity contribution in [3.8, 4) is 0 Å². The molecule has 0 bridgehead atoms. The third-order valence-corrected chi connectivity index (χ3v) is 12.4. The molecule has 0 unspecified atom stereocenters. The highest BCUT2D eigenvalue weighted by atomic mass is 28.4. The smallest absolute Gasteiger partial charge is 0.305 e. The molecule has 2 N–H and O–H groups in total. The van der Waals surface area contributed by atoms with Crippen molar-refractivity contribution in [2.45, 2.75) is 94.7 Å². The van der Waals surface area contributed by atoms with E-state index in [9.17, 15) is 29.1 Å². The number of carbonyl (C=O) groups is 4. The van der Waals surface area contributed by atoms with Crippen molar-refractivity contribution in [1.29, 1.82) is 0 Å². The third kappa shape index (κ3) is 5.62. The van der Waals surface area contributed by atoms with E-state index in [-0.39, 0.29) is 49.2 Å². The molecule has 4 aliphatic rings. The van der Waals surface area contributed by atoms with Gasteiger partial charge >= 0.3 is 5.97 Å². The van der Waals surface area contributed by atoms with Crippen molar-refractivity contribution in [3.05, 3.63) is 23.8 Å². The van der Waals surface area contributed by atoms with Gasteiger partial charge in [0.05, 0.1) is 38.0 Å². The predicted octanol–water partition coefficient (Wildman–Crippen LogP) is 2.67. The van der Waals surface area contributed by atoms with Gasteiger partial charge in [-0.1, -0.05) is 6.92 Å². The summed E-state index contributed by atoms with van der Waals surface area (Å²) in [7, 11) is -1.63. The Labute approximate surface area is 254 Å². The summed E-state index contributed by atoms with van der Waals surface area (Å²) >= 11 is 0. The number of esters is 1. The van der Waals surface area contributed by atoms with Crippen molar-refractivity contribution in [2.24, 2.45) is 5.92 Å². The lowest BCUT2D eigenvalue weighted by atomic mass is 9.82. The summed E-state index contributed by atoms with van der Waals surface area (Å²) in [6.45, 7) is 7.01. The Morgan fingerprint density at radius 1 is 1.16 bits per heavy atom. The predicted molar refractivity (Wildman–Crippen MR) is 162 cm³/mol. The Hall–Kier alpha value is -2.80. The lowest BCUT2D eigenvalue weighted by Crippen LogP contribution is -2.46. The number of rotatable bonds is 10. The van der Waals surface area contributed by atoms with Crippen LogP contribution < -0.4 is 9.80 Å². The second kappa shape index (κ2) is 12.3. The molecule has 0 aliphatic carbocycles. The van der Waals surface area contributed by atoms with Gasteiger partial charge < -0.3 is 34.1 Å². The van der Waals surface area contributed by atoms with Crippen LogP contribution in [-0.4, -0.2) is 92.3 Å². The molecular weight excluding hydrogens is 570 g/mol. The van der Waals surface area contributed by atoms with Crippen molar-refractivity contribution < 1.29 is 38.6 Å². The minimum Gasteiger partial charge on any atom is -0.469 e. The Morgan fingerprint density at radius 3 is 2.58 bits per heavy atom. The van der Waals surface area contributed by atoms with Gasteiger partial charge in [-0.05, 0) is 63.4 Å². The molecule has 1 aromatic carbocycles. The van der Waals surface area contributed by atoms with Gasteiger partial charge in [0.25, 0.3) is 5.91 Å². The molecule has 3 amide bonds. The number of likely N-dealkylation sites (tertiary alicyclic amines) is 1. The van der Waals surface area contributed by atoms with Crippen LogP contribution in [0.25, 0.3) is 0 Å². The minimum absolute atomic E-state index is 0.0102. The minimum atomic E-state index is -2.98. The SMILES string of the molecule is COC(=O)CCCCN1C(=O)[C@]2(O[C@H](CC(=O)N3CCC[C@H]3CO)[C@@H]([Si](C)(C)O)[C@@H]2C)c2cc(N3CCCC3=O)ccc21. The first kappa shape index (κ1) is 31.6. The van der Waals surface area contributed by atoms with E-state index in [0.29, 0.717) is 55.8 Å². The van der Waals surface area contributed by atoms with Crippen LogP contribution in [0.5, 0.6) is 0 Å². The molecule has 5 rings (SSSR count). The van der Waals surface area contributed by atoms with E-state index >= 15 is 0 Å². The van der Waals surface area contributed by atoms with E-state index < -0.39 is 31.5 Å². The molecule has 236 valence electrons. The van der Waals surface area contributed by atoms with Crippen molar-refractivity contribution in [2.75, 3.05) is 43.2 Å². The molecule has 1 spiro atoms. The summed E-state index contributed by atoms with van der Waals surface area (Å²) in [5.41, 5.74) is 0.201. The highest BCUT2D eigenvalue weighted by molar-refractivity contribution is 6.71. The van der Waals surface area contributed by atoms with Gasteiger partial charge in [-0.15, -0.1) is 0 Å². The number of unbranched alkanes of at least 4 members (excludes halogenated alkanes) is 1. The number of aliphatic hydroxyl groups excluding tert-OH is 1. The fourth-order valence-electron chi connectivity index (χ4n) is 7.86. The normalized spacial score (nSPS) is 28.8. The van der Waals surface area contributed by atoms with E-state index in [1.54, 1.807) is 14.7 Å². The number of ether oxygens (including phenoxy) is 2. The molecule has 5 atom stereocenters. The number of anilines is 2. The van der Waals surface area contributed by atoms with Crippen molar-refractivity contribution >= 4 is 43.4 Å². The number of hydrogen-bond donors (Lipinski definition) is 2. The van der Waals surface area contributed by atoms with Crippen LogP contribution in [0.1, 0.15) is 63.9 Å². The molecule has 1 aromatic rings. The maximum absolute atomic E-state index is 14.6. The molecule has 3 fully saturated rings. The third-order valence-electron chi connectivity index (χ3n) is 9.88. The topological polar surface area (TPSA) is 137 Å². The highest BCUT2D eigenvalue weighted by Crippen LogP contribution is 2.60. The Bertz CT molecular complexity index is 1270. The summed E-state index contributed by atoms with van der Waals surface area (Å²) in [5.74, 6) is -1.10.